The summed E-state index contributed by atoms with van der Waals surface area (Å²) in [5.74, 6) is 0. The Morgan fingerprint density at radius 1 is 0.935 bits per heavy atom. The van der Waals surface area contributed by atoms with E-state index in [2.05, 4.69) is 60.4 Å². The fourth-order valence-electron chi connectivity index (χ4n) is 4.91. The molecule has 3 aromatic carbocycles. The van der Waals surface area contributed by atoms with Crippen molar-refractivity contribution in [1.82, 2.24) is 0 Å². The predicted octanol–water partition coefficient (Wildman–Crippen LogP) is 5.16. The number of fused-ring (bicyclic) bond motifs is 1. The molecule has 0 bridgehead atoms. The largest absolute Gasteiger partial charge is 0.410 e. The van der Waals surface area contributed by atoms with Crippen LogP contribution in [0.1, 0.15) is 42.5 Å². The number of oxime groups is 2. The Morgan fingerprint density at radius 2 is 1.58 bits per heavy atom. The fraction of sp³-hybridized carbons (Fsp3) is 0.231. The van der Waals surface area contributed by atoms with E-state index in [0.29, 0.717) is 12.1 Å². The van der Waals surface area contributed by atoms with Gasteiger partial charge in [0.05, 0.1) is 17.5 Å². The van der Waals surface area contributed by atoms with Crippen molar-refractivity contribution in [2.75, 3.05) is 11.9 Å². The molecule has 2 heterocycles. The van der Waals surface area contributed by atoms with Crippen molar-refractivity contribution in [2.24, 2.45) is 10.3 Å². The van der Waals surface area contributed by atoms with E-state index in [-0.39, 0.29) is 5.41 Å². The maximum absolute atomic E-state index is 9.56. The lowest BCUT2D eigenvalue weighted by Crippen LogP contribution is -2.54. The molecule has 0 saturated heterocycles. The molecule has 0 unspecified atom stereocenters. The molecule has 5 rings (SSSR count). The van der Waals surface area contributed by atoms with Gasteiger partial charge in [0.1, 0.15) is 5.71 Å². The highest BCUT2D eigenvalue weighted by atomic mass is 16.7. The summed E-state index contributed by atoms with van der Waals surface area (Å²) in [6.07, 6.45) is 0.685. The average Bonchev–Trinajstić information content (AvgIpc) is 3.33. The number of benzene rings is 3. The predicted molar refractivity (Wildman–Crippen MR) is 123 cm³/mol. The highest BCUT2D eigenvalue weighted by molar-refractivity contribution is 6.13. The summed E-state index contributed by atoms with van der Waals surface area (Å²) in [4.78, 5) is 8.42. The quantitative estimate of drug-likeness (QED) is 0.368. The second-order valence-corrected chi connectivity index (χ2v) is 8.68. The molecule has 5 heteroatoms. The first-order chi connectivity index (χ1) is 15.0. The van der Waals surface area contributed by atoms with E-state index in [1.54, 1.807) is 0 Å². The number of hydrogen-bond acceptors (Lipinski definition) is 5. The molecule has 0 radical (unpaired) electrons. The van der Waals surface area contributed by atoms with Gasteiger partial charge in [0.25, 0.3) is 0 Å². The SMILES string of the molecule is CN1c2ccccc2C(C)(C)[C@]12CC(c1ccc(C(=NO)c3ccccc3)cc1)=NO2. The van der Waals surface area contributed by atoms with Crippen molar-refractivity contribution in [3.63, 3.8) is 0 Å². The third kappa shape index (κ3) is 2.76. The van der Waals surface area contributed by atoms with Crippen molar-refractivity contribution in [3.05, 3.63) is 101 Å². The van der Waals surface area contributed by atoms with Crippen molar-refractivity contribution in [2.45, 2.75) is 31.4 Å². The Labute approximate surface area is 182 Å². The summed E-state index contributed by atoms with van der Waals surface area (Å²) < 4.78 is 0. The summed E-state index contributed by atoms with van der Waals surface area (Å²) >= 11 is 0. The van der Waals surface area contributed by atoms with Crippen LogP contribution in [-0.4, -0.2) is 29.4 Å². The van der Waals surface area contributed by atoms with Gasteiger partial charge >= 0.3 is 0 Å². The Hall–Kier alpha value is -3.60. The molecule has 1 spiro atoms. The number of rotatable bonds is 3. The minimum atomic E-state index is -0.549. The third-order valence-corrected chi connectivity index (χ3v) is 6.81. The molecule has 2 aliphatic rings. The molecule has 3 aromatic rings. The molecule has 0 amide bonds. The second kappa shape index (κ2) is 6.98. The summed E-state index contributed by atoms with van der Waals surface area (Å²) in [6, 6.07) is 26.1. The van der Waals surface area contributed by atoms with Crippen molar-refractivity contribution in [1.29, 1.82) is 0 Å². The number of para-hydroxylation sites is 1. The first kappa shape index (κ1) is 19.4. The lowest BCUT2D eigenvalue weighted by molar-refractivity contribution is -0.0591. The zero-order valence-corrected chi connectivity index (χ0v) is 17.9. The second-order valence-electron chi connectivity index (χ2n) is 8.68. The van der Waals surface area contributed by atoms with Crippen LogP contribution in [0.25, 0.3) is 0 Å². The van der Waals surface area contributed by atoms with Gasteiger partial charge in [-0.05, 0) is 31.0 Å². The molecule has 0 saturated carbocycles. The molecular weight excluding hydrogens is 386 g/mol. The van der Waals surface area contributed by atoms with Gasteiger partial charge in [0.15, 0.2) is 0 Å². The van der Waals surface area contributed by atoms with E-state index in [1.807, 2.05) is 54.6 Å². The van der Waals surface area contributed by atoms with E-state index in [0.717, 1.165) is 22.4 Å². The zero-order chi connectivity index (χ0) is 21.6. The third-order valence-electron chi connectivity index (χ3n) is 6.81. The standard InChI is InChI=1S/C26H25N3O2/c1-25(2)21-11-7-8-12-23(21)29(3)26(25)17-22(28-31-26)18-13-15-20(16-14-18)24(27-30)19-9-5-4-6-10-19/h4-16,30H,17H2,1-3H3/t26-/m1/s1. The van der Waals surface area contributed by atoms with Crippen LogP contribution in [-0.2, 0) is 10.3 Å². The van der Waals surface area contributed by atoms with Crippen LogP contribution in [0.3, 0.4) is 0 Å². The Bertz CT molecular complexity index is 1180. The molecule has 2 aliphatic heterocycles. The van der Waals surface area contributed by atoms with Gasteiger partial charge in [-0.2, -0.15) is 0 Å². The first-order valence-electron chi connectivity index (χ1n) is 10.4. The van der Waals surface area contributed by atoms with Gasteiger partial charge in [-0.25, -0.2) is 0 Å². The van der Waals surface area contributed by atoms with Crippen molar-refractivity contribution in [3.8, 4) is 0 Å². The first-order valence-corrected chi connectivity index (χ1v) is 10.4. The van der Waals surface area contributed by atoms with Crippen LogP contribution in [0, 0.1) is 0 Å². The van der Waals surface area contributed by atoms with Gasteiger partial charge in [0.2, 0.25) is 5.72 Å². The van der Waals surface area contributed by atoms with E-state index in [4.69, 9.17) is 4.84 Å². The maximum Gasteiger partial charge on any atom is 0.224 e. The molecule has 0 aliphatic carbocycles. The summed E-state index contributed by atoms with van der Waals surface area (Å²) in [6.45, 7) is 4.45. The van der Waals surface area contributed by atoms with E-state index < -0.39 is 5.72 Å². The van der Waals surface area contributed by atoms with Crippen LogP contribution in [0.15, 0.2) is 89.2 Å². The molecule has 156 valence electrons. The smallest absolute Gasteiger partial charge is 0.224 e. The maximum atomic E-state index is 9.56. The van der Waals surface area contributed by atoms with E-state index in [1.165, 1.54) is 11.3 Å². The van der Waals surface area contributed by atoms with Gasteiger partial charge in [-0.15, -0.1) is 0 Å². The van der Waals surface area contributed by atoms with E-state index >= 15 is 0 Å². The molecule has 1 N–H and O–H groups in total. The van der Waals surface area contributed by atoms with Crippen LogP contribution in [0.5, 0.6) is 0 Å². The van der Waals surface area contributed by atoms with Crippen LogP contribution >= 0.6 is 0 Å². The van der Waals surface area contributed by atoms with Gasteiger partial charge in [-0.1, -0.05) is 83.1 Å². The van der Waals surface area contributed by atoms with Crippen molar-refractivity contribution >= 4 is 17.1 Å². The average molecular weight is 412 g/mol. The molecule has 1 atom stereocenters. The highest BCUT2D eigenvalue weighted by Gasteiger charge is 2.61. The number of nitrogens with zero attached hydrogens (tertiary/aromatic N) is 3. The number of hydrogen-bond donors (Lipinski definition) is 1. The lowest BCUT2D eigenvalue weighted by atomic mass is 9.75. The van der Waals surface area contributed by atoms with Gasteiger partial charge in [0, 0.05) is 23.9 Å². The number of anilines is 1. The lowest BCUT2D eigenvalue weighted by Gasteiger charge is -2.40. The zero-order valence-electron chi connectivity index (χ0n) is 17.9. The van der Waals surface area contributed by atoms with Gasteiger partial charge in [-0.3, -0.25) is 0 Å². The highest BCUT2D eigenvalue weighted by Crippen LogP contribution is 2.55. The van der Waals surface area contributed by atoms with Crippen LogP contribution in [0.4, 0.5) is 5.69 Å². The molecule has 0 fully saturated rings. The topological polar surface area (TPSA) is 57.4 Å². The molecule has 31 heavy (non-hydrogen) atoms. The summed E-state index contributed by atoms with van der Waals surface area (Å²) in [7, 11) is 2.08. The summed E-state index contributed by atoms with van der Waals surface area (Å²) in [5, 5.41) is 17.6. The molecule has 0 aromatic heterocycles. The summed E-state index contributed by atoms with van der Waals surface area (Å²) in [5.41, 5.74) is 5.87. The minimum Gasteiger partial charge on any atom is -0.410 e. The molecule has 5 nitrogen and oxygen atoms in total. The number of likely N-dealkylation sites (N-methyl/N-ethyl adjacent to an activating group) is 1. The van der Waals surface area contributed by atoms with Crippen LogP contribution < -0.4 is 4.90 Å². The Morgan fingerprint density at radius 3 is 2.26 bits per heavy atom. The van der Waals surface area contributed by atoms with Gasteiger partial charge < -0.3 is 14.9 Å². The van der Waals surface area contributed by atoms with Crippen molar-refractivity contribution < 1.29 is 10.0 Å². The Kier molecular flexibility index (Phi) is 4.36. The van der Waals surface area contributed by atoms with Crippen LogP contribution in [0.2, 0.25) is 0 Å². The monoisotopic (exact) mass is 411 g/mol. The normalized spacial score (nSPS) is 21.7. The minimum absolute atomic E-state index is 0.215. The Balaban J connectivity index is 1.42. The van der Waals surface area contributed by atoms with E-state index in [9.17, 15) is 5.21 Å². The fourth-order valence-corrected chi connectivity index (χ4v) is 4.91. The molecular formula is C26H25N3O2.